The van der Waals surface area contributed by atoms with Crippen molar-refractivity contribution in [2.45, 2.75) is 37.2 Å². The summed E-state index contributed by atoms with van der Waals surface area (Å²) in [5.41, 5.74) is -1.97. The minimum Gasteiger partial charge on any atom is -0.477 e. The van der Waals surface area contributed by atoms with E-state index in [1.54, 1.807) is 19.0 Å². The maximum atomic E-state index is 13.2. The summed E-state index contributed by atoms with van der Waals surface area (Å²) in [6.45, 7) is 0.554. The first-order valence-corrected chi connectivity index (χ1v) is 9.05. The van der Waals surface area contributed by atoms with Gasteiger partial charge in [0.2, 0.25) is 5.88 Å². The molecule has 1 aromatic rings. The number of aromatic nitrogens is 1. The number of nitrogens with zero attached hydrogens (tertiary/aromatic N) is 2. The molecule has 0 bridgehead atoms. The second kappa shape index (κ2) is 7.84. The topological polar surface area (TPSA) is 83.9 Å². The number of halogens is 3. The first-order chi connectivity index (χ1) is 13.1. The summed E-state index contributed by atoms with van der Waals surface area (Å²) in [5, 5.41) is 12.8. The molecule has 1 saturated carbocycles. The maximum Gasteiger partial charge on any atom is 0.421 e. The van der Waals surface area contributed by atoms with Crippen molar-refractivity contribution >= 4 is 5.91 Å². The summed E-state index contributed by atoms with van der Waals surface area (Å²) in [5.74, 6) is -0.984. The van der Waals surface area contributed by atoms with Crippen molar-refractivity contribution in [3.63, 3.8) is 0 Å². The van der Waals surface area contributed by atoms with E-state index in [1.165, 1.54) is 0 Å². The highest BCUT2D eigenvalue weighted by atomic mass is 19.4. The number of carbonyl (C=O) groups excluding carboxylic acids is 1. The fourth-order valence-electron chi connectivity index (χ4n) is 2.80. The molecule has 1 aliphatic carbocycles. The molecule has 2 heterocycles. The number of rotatable bonds is 8. The normalized spacial score (nSPS) is 19.8. The molecule has 28 heavy (non-hydrogen) atoms. The van der Waals surface area contributed by atoms with Crippen LogP contribution in [0.1, 0.15) is 35.3 Å². The van der Waals surface area contributed by atoms with Crippen LogP contribution in [0.5, 0.6) is 5.88 Å². The molecule has 1 amide bonds. The second-order valence-corrected chi connectivity index (χ2v) is 7.68. The average molecular weight is 403 g/mol. The molecule has 1 aromatic heterocycles. The third-order valence-corrected chi connectivity index (χ3v) is 4.86. The molecular weight excluding hydrogens is 379 g/mol. The van der Waals surface area contributed by atoms with Gasteiger partial charge in [0, 0.05) is 6.42 Å². The Bertz CT molecular complexity index is 719. The smallest absolute Gasteiger partial charge is 0.421 e. The lowest BCUT2D eigenvalue weighted by Crippen LogP contribution is -2.64. The Hall–Kier alpha value is -1.91. The Kier molecular flexibility index (Phi) is 5.83. The molecule has 7 nitrogen and oxygen atoms in total. The third kappa shape index (κ3) is 4.92. The Labute approximate surface area is 160 Å². The quantitative estimate of drug-likeness (QED) is 0.643. The zero-order valence-electron chi connectivity index (χ0n) is 15.8. The van der Waals surface area contributed by atoms with Crippen LogP contribution in [-0.2, 0) is 10.9 Å². The van der Waals surface area contributed by atoms with Gasteiger partial charge in [0.05, 0.1) is 25.4 Å². The lowest BCUT2D eigenvalue weighted by molar-refractivity contribution is -0.139. The van der Waals surface area contributed by atoms with E-state index in [9.17, 15) is 23.1 Å². The molecule has 2 N–H and O–H groups in total. The van der Waals surface area contributed by atoms with E-state index in [-0.39, 0.29) is 37.9 Å². The second-order valence-electron chi connectivity index (χ2n) is 7.68. The molecule has 2 fully saturated rings. The molecule has 10 heteroatoms. The van der Waals surface area contributed by atoms with Crippen LogP contribution < -0.4 is 10.1 Å². The molecule has 0 aromatic carbocycles. The van der Waals surface area contributed by atoms with Gasteiger partial charge in [0.25, 0.3) is 5.91 Å². The Balaban J connectivity index is 1.75. The largest absolute Gasteiger partial charge is 0.477 e. The van der Waals surface area contributed by atoms with E-state index in [4.69, 9.17) is 9.47 Å². The predicted octanol–water partition coefficient (Wildman–Crippen LogP) is 1.66. The fraction of sp³-hybridized carbons (Fsp3) is 0.667. The summed E-state index contributed by atoms with van der Waals surface area (Å²) in [7, 11) is 3.39. The minimum absolute atomic E-state index is 0.147. The number of alkyl halides is 3. The van der Waals surface area contributed by atoms with Crippen LogP contribution in [0.2, 0.25) is 0 Å². The van der Waals surface area contributed by atoms with Gasteiger partial charge < -0.3 is 19.9 Å². The molecular formula is C18H24F3N3O4. The minimum atomic E-state index is -4.63. The summed E-state index contributed by atoms with van der Waals surface area (Å²) in [6, 6.07) is 1.83. The van der Waals surface area contributed by atoms with Gasteiger partial charge in [0.15, 0.2) is 0 Å². The lowest BCUT2D eigenvalue weighted by Gasteiger charge is -2.43. The van der Waals surface area contributed by atoms with Crippen molar-refractivity contribution in [3.05, 3.63) is 23.4 Å². The SMILES string of the molecule is CN(C)C(O)CC1(NC(=O)c2ccc(C(F)(F)F)c(OCC3CC3)n2)COC1. The zero-order valence-corrected chi connectivity index (χ0v) is 15.8. The first-order valence-electron chi connectivity index (χ1n) is 9.05. The third-order valence-electron chi connectivity index (χ3n) is 4.86. The molecule has 1 unspecified atom stereocenters. The molecule has 1 atom stereocenters. The van der Waals surface area contributed by atoms with Crippen molar-refractivity contribution < 1.29 is 32.5 Å². The number of hydrogen-bond acceptors (Lipinski definition) is 6. The monoisotopic (exact) mass is 403 g/mol. The van der Waals surface area contributed by atoms with Gasteiger partial charge in [-0.15, -0.1) is 0 Å². The predicted molar refractivity (Wildman–Crippen MR) is 92.8 cm³/mol. The van der Waals surface area contributed by atoms with E-state index < -0.39 is 35.3 Å². The summed E-state index contributed by atoms with van der Waals surface area (Å²) in [4.78, 5) is 18.0. The van der Waals surface area contributed by atoms with Crippen molar-refractivity contribution in [2.75, 3.05) is 33.9 Å². The molecule has 1 saturated heterocycles. The van der Waals surface area contributed by atoms with E-state index in [1.807, 2.05) is 0 Å². The number of carbonyl (C=O) groups is 1. The number of ether oxygens (including phenoxy) is 2. The average Bonchev–Trinajstić information content (AvgIpc) is 3.40. The highest BCUT2D eigenvalue weighted by Gasteiger charge is 2.43. The van der Waals surface area contributed by atoms with Gasteiger partial charge in [-0.05, 0) is 45.0 Å². The van der Waals surface area contributed by atoms with Crippen molar-refractivity contribution in [3.8, 4) is 5.88 Å². The first kappa shape index (κ1) is 20.8. The molecule has 156 valence electrons. The van der Waals surface area contributed by atoms with Crippen LogP contribution in [-0.4, -0.2) is 66.6 Å². The van der Waals surface area contributed by atoms with Crippen LogP contribution in [0.15, 0.2) is 12.1 Å². The number of nitrogens with one attached hydrogen (secondary N) is 1. The Morgan fingerprint density at radius 3 is 2.61 bits per heavy atom. The van der Waals surface area contributed by atoms with Gasteiger partial charge in [-0.3, -0.25) is 9.69 Å². The van der Waals surface area contributed by atoms with Crippen LogP contribution in [0.3, 0.4) is 0 Å². The van der Waals surface area contributed by atoms with E-state index in [0.29, 0.717) is 0 Å². The Morgan fingerprint density at radius 1 is 1.43 bits per heavy atom. The van der Waals surface area contributed by atoms with Crippen LogP contribution >= 0.6 is 0 Å². The Morgan fingerprint density at radius 2 is 2.11 bits per heavy atom. The van der Waals surface area contributed by atoms with Crippen molar-refractivity contribution in [2.24, 2.45) is 5.92 Å². The summed E-state index contributed by atoms with van der Waals surface area (Å²) < 4.78 is 50.1. The highest BCUT2D eigenvalue weighted by molar-refractivity contribution is 5.93. The number of aliphatic hydroxyl groups excluding tert-OH is 1. The van der Waals surface area contributed by atoms with Crippen molar-refractivity contribution in [1.29, 1.82) is 0 Å². The summed E-state index contributed by atoms with van der Waals surface area (Å²) >= 11 is 0. The molecule has 1 aliphatic heterocycles. The summed E-state index contributed by atoms with van der Waals surface area (Å²) in [6.07, 6.45) is -3.38. The van der Waals surface area contributed by atoms with Gasteiger partial charge in [-0.1, -0.05) is 0 Å². The van der Waals surface area contributed by atoms with Crippen LogP contribution in [0.4, 0.5) is 13.2 Å². The van der Waals surface area contributed by atoms with Crippen molar-refractivity contribution in [1.82, 2.24) is 15.2 Å². The van der Waals surface area contributed by atoms with Gasteiger partial charge in [-0.2, -0.15) is 13.2 Å². The number of amides is 1. The molecule has 3 rings (SSSR count). The zero-order chi connectivity index (χ0) is 20.5. The van der Waals surface area contributed by atoms with Gasteiger partial charge in [-0.25, -0.2) is 4.98 Å². The molecule has 2 aliphatic rings. The highest BCUT2D eigenvalue weighted by Crippen LogP contribution is 2.37. The van der Waals surface area contributed by atoms with Crippen LogP contribution in [0, 0.1) is 5.92 Å². The molecule has 0 spiro atoms. The van der Waals surface area contributed by atoms with Gasteiger partial charge in [0.1, 0.15) is 17.5 Å². The number of aliphatic hydroxyl groups is 1. The van der Waals surface area contributed by atoms with Gasteiger partial charge >= 0.3 is 6.18 Å². The standard InChI is InChI=1S/C18H24F3N3O4/c1-24(2)14(25)7-17(9-27-10-17)23-15(26)13-6-5-12(18(19,20)21)16(22-13)28-8-11-3-4-11/h5-6,11,14,25H,3-4,7-10H2,1-2H3,(H,23,26). The molecule has 0 radical (unpaired) electrons. The van der Waals surface area contributed by atoms with E-state index in [0.717, 1.165) is 25.0 Å². The van der Waals surface area contributed by atoms with E-state index in [2.05, 4.69) is 10.3 Å². The number of hydrogen-bond donors (Lipinski definition) is 2. The van der Waals surface area contributed by atoms with Crippen LogP contribution in [0.25, 0.3) is 0 Å². The lowest BCUT2D eigenvalue weighted by atomic mass is 9.91. The fourth-order valence-corrected chi connectivity index (χ4v) is 2.80. The maximum absolute atomic E-state index is 13.2. The number of pyridine rings is 1. The van der Waals surface area contributed by atoms with E-state index >= 15 is 0 Å².